The molecule has 0 radical (unpaired) electrons. The molecule has 7 heteroatoms. The number of fused-ring (bicyclic) bond motifs is 2. The molecule has 3 aliphatic rings. The Kier molecular flexibility index (Phi) is 7.12. The van der Waals surface area contributed by atoms with Crippen LogP contribution in [0.4, 0.5) is 21.9 Å². The second-order valence-corrected chi connectivity index (χ2v) is 12.9. The number of nitrogens with one attached hydrogen (secondary N) is 3. The van der Waals surface area contributed by atoms with E-state index < -0.39 is 17.8 Å². The monoisotopic (exact) mass is 520 g/mol. The highest BCUT2D eigenvalue weighted by Gasteiger charge is 2.50. The van der Waals surface area contributed by atoms with Crippen molar-refractivity contribution in [2.45, 2.75) is 78.2 Å². The lowest BCUT2D eigenvalue weighted by Gasteiger charge is -2.48. The van der Waals surface area contributed by atoms with Gasteiger partial charge in [-0.1, -0.05) is 26.0 Å². The van der Waals surface area contributed by atoms with Gasteiger partial charge in [-0.05, 0) is 106 Å². The van der Waals surface area contributed by atoms with Gasteiger partial charge in [0.1, 0.15) is 11.3 Å². The highest BCUT2D eigenvalue weighted by molar-refractivity contribution is 5.85. The summed E-state index contributed by atoms with van der Waals surface area (Å²) in [6.07, 6.45) is 2.13. The number of hydrogen-bond acceptors (Lipinski definition) is 6. The summed E-state index contributed by atoms with van der Waals surface area (Å²) < 4.78 is 5.39. The molecule has 4 atom stereocenters. The van der Waals surface area contributed by atoms with Gasteiger partial charge in [0.15, 0.2) is 0 Å². The summed E-state index contributed by atoms with van der Waals surface area (Å²) in [5.41, 5.74) is 6.06. The van der Waals surface area contributed by atoms with Crippen molar-refractivity contribution < 1.29 is 14.6 Å². The van der Waals surface area contributed by atoms with E-state index in [0.29, 0.717) is 18.4 Å². The molecule has 38 heavy (non-hydrogen) atoms. The first-order valence-corrected chi connectivity index (χ1v) is 14.1. The number of nitrogens with zero attached hydrogens (tertiary/aromatic N) is 1. The topological polar surface area (TPSA) is 85.9 Å². The fourth-order valence-electron chi connectivity index (χ4n) is 6.65. The van der Waals surface area contributed by atoms with Crippen LogP contribution >= 0.6 is 0 Å². The minimum atomic E-state index is -0.522. The van der Waals surface area contributed by atoms with Crippen LogP contribution in [0.3, 0.4) is 0 Å². The summed E-state index contributed by atoms with van der Waals surface area (Å²) in [6, 6.07) is 12.7. The van der Waals surface area contributed by atoms with Crippen molar-refractivity contribution in [3.05, 3.63) is 53.1 Å². The molecule has 5 rings (SSSR count). The standard InChI is InChI=1S/C31H44N4O3/c1-19(2)31(33-26-10-7-20(3)13-27(26)34-31)25-11-12-35(18-28(25)36)17-21-14-22-8-9-24(16-23(22)15-21)32-29(37)38-30(4,5)6/h7-10,13,16,19,21,25,28,33-34,36H,11-12,14-15,17-18H2,1-6H3,(H,32,37)/t21-,25+,28+,31?/m1/s1. The zero-order chi connectivity index (χ0) is 27.2. The maximum Gasteiger partial charge on any atom is 0.412 e. The smallest absolute Gasteiger partial charge is 0.412 e. The van der Waals surface area contributed by atoms with Crippen molar-refractivity contribution in [1.29, 1.82) is 0 Å². The number of β-amino-alcohol motifs (C(OH)–C–C–N with tert-alkyl or cyclic N) is 1. The molecule has 1 unspecified atom stereocenters. The summed E-state index contributed by atoms with van der Waals surface area (Å²) in [5, 5.41) is 21.9. The summed E-state index contributed by atoms with van der Waals surface area (Å²) in [7, 11) is 0. The van der Waals surface area contributed by atoms with Crippen molar-refractivity contribution in [2.75, 3.05) is 35.6 Å². The Hall–Kier alpha value is -2.77. The van der Waals surface area contributed by atoms with Crippen molar-refractivity contribution in [2.24, 2.45) is 17.8 Å². The van der Waals surface area contributed by atoms with Crippen LogP contribution in [0.15, 0.2) is 36.4 Å². The molecule has 2 aliphatic heterocycles. The Morgan fingerprint density at radius 3 is 2.58 bits per heavy atom. The number of likely N-dealkylation sites (tertiary alicyclic amines) is 1. The number of piperidine rings is 1. The van der Waals surface area contributed by atoms with Crippen LogP contribution in [-0.2, 0) is 17.6 Å². The molecule has 1 saturated heterocycles. The van der Waals surface area contributed by atoms with Crippen LogP contribution < -0.4 is 16.0 Å². The maximum atomic E-state index is 12.2. The van der Waals surface area contributed by atoms with Gasteiger partial charge < -0.3 is 25.4 Å². The molecule has 2 aromatic rings. The minimum absolute atomic E-state index is 0.119. The first kappa shape index (κ1) is 26.8. The third-order valence-corrected chi connectivity index (χ3v) is 8.40. The molecular weight excluding hydrogens is 476 g/mol. The molecule has 2 aromatic carbocycles. The number of aliphatic hydroxyl groups is 1. The summed E-state index contributed by atoms with van der Waals surface area (Å²) >= 11 is 0. The lowest BCUT2D eigenvalue weighted by molar-refractivity contribution is -0.0144. The number of aryl methyl sites for hydroxylation is 1. The van der Waals surface area contributed by atoms with Crippen molar-refractivity contribution in [1.82, 2.24) is 4.90 Å². The zero-order valence-corrected chi connectivity index (χ0v) is 23.7. The summed E-state index contributed by atoms with van der Waals surface area (Å²) in [5.74, 6) is 0.947. The van der Waals surface area contributed by atoms with Crippen LogP contribution in [0.25, 0.3) is 0 Å². The van der Waals surface area contributed by atoms with Crippen molar-refractivity contribution in [3.8, 4) is 0 Å². The molecule has 1 fully saturated rings. The fourth-order valence-corrected chi connectivity index (χ4v) is 6.65. The first-order valence-electron chi connectivity index (χ1n) is 14.1. The molecule has 1 aliphatic carbocycles. The number of rotatable bonds is 5. The summed E-state index contributed by atoms with van der Waals surface area (Å²) in [4.78, 5) is 14.6. The highest BCUT2D eigenvalue weighted by Crippen LogP contribution is 2.45. The number of ether oxygens (including phenoxy) is 1. The average molecular weight is 521 g/mol. The molecule has 7 nitrogen and oxygen atoms in total. The quantitative estimate of drug-likeness (QED) is 0.409. The van der Waals surface area contributed by atoms with Crippen molar-refractivity contribution in [3.63, 3.8) is 0 Å². The number of amides is 1. The van der Waals surface area contributed by atoms with E-state index in [4.69, 9.17) is 4.74 Å². The largest absolute Gasteiger partial charge is 0.444 e. The molecule has 2 heterocycles. The highest BCUT2D eigenvalue weighted by atomic mass is 16.6. The fraction of sp³-hybridized carbons (Fsp3) is 0.581. The lowest BCUT2D eigenvalue weighted by atomic mass is 9.76. The second kappa shape index (κ2) is 10.1. The number of carbonyl (C=O) groups is 1. The predicted octanol–water partition coefficient (Wildman–Crippen LogP) is 5.63. The van der Waals surface area contributed by atoms with Gasteiger partial charge in [-0.25, -0.2) is 4.79 Å². The van der Waals surface area contributed by atoms with Crippen LogP contribution in [0.1, 0.15) is 57.7 Å². The van der Waals surface area contributed by atoms with Gasteiger partial charge in [0.25, 0.3) is 0 Å². The Morgan fingerprint density at radius 2 is 1.87 bits per heavy atom. The van der Waals surface area contributed by atoms with E-state index in [0.717, 1.165) is 49.4 Å². The number of carbonyl (C=O) groups excluding carboxylic acids is 1. The van der Waals surface area contributed by atoms with Gasteiger partial charge in [0, 0.05) is 24.7 Å². The van der Waals surface area contributed by atoms with Crippen LogP contribution in [0, 0.1) is 24.7 Å². The van der Waals surface area contributed by atoms with E-state index >= 15 is 0 Å². The lowest BCUT2D eigenvalue weighted by Crippen LogP contribution is -2.61. The van der Waals surface area contributed by atoms with E-state index in [2.05, 4.69) is 72.0 Å². The predicted molar refractivity (Wildman–Crippen MR) is 154 cm³/mol. The molecule has 4 N–H and O–H groups in total. The first-order chi connectivity index (χ1) is 17.9. The van der Waals surface area contributed by atoms with Crippen LogP contribution in [-0.4, -0.2) is 53.1 Å². The minimum Gasteiger partial charge on any atom is -0.444 e. The second-order valence-electron chi connectivity index (χ2n) is 12.9. The number of anilines is 3. The van der Waals surface area contributed by atoms with Gasteiger partial charge in [-0.2, -0.15) is 0 Å². The Labute approximate surface area is 227 Å². The Bertz CT molecular complexity index is 1190. The SMILES string of the molecule is Cc1ccc2c(c1)NC(C(C)C)([C@H]1CCN(C[C@@H]3Cc4ccc(NC(=O)OC(C)(C)C)cc4C3)C[C@@H]1O)N2. The van der Waals surface area contributed by atoms with Gasteiger partial charge in [-0.15, -0.1) is 0 Å². The maximum absolute atomic E-state index is 12.2. The molecule has 0 aromatic heterocycles. The van der Waals surface area contributed by atoms with Gasteiger partial charge in [-0.3, -0.25) is 5.32 Å². The third-order valence-electron chi connectivity index (χ3n) is 8.40. The molecule has 0 saturated carbocycles. The molecular formula is C31H44N4O3. The summed E-state index contributed by atoms with van der Waals surface area (Å²) in [6.45, 7) is 14.8. The Morgan fingerprint density at radius 1 is 1.13 bits per heavy atom. The van der Waals surface area contributed by atoms with Gasteiger partial charge in [0.2, 0.25) is 0 Å². The van der Waals surface area contributed by atoms with Crippen LogP contribution in [0.2, 0.25) is 0 Å². The number of hydrogen-bond donors (Lipinski definition) is 4. The van der Waals surface area contributed by atoms with Gasteiger partial charge in [0.05, 0.1) is 17.5 Å². The number of benzene rings is 2. The zero-order valence-electron chi connectivity index (χ0n) is 23.7. The van der Waals surface area contributed by atoms with E-state index in [9.17, 15) is 9.90 Å². The van der Waals surface area contributed by atoms with Crippen LogP contribution in [0.5, 0.6) is 0 Å². The van der Waals surface area contributed by atoms with Crippen molar-refractivity contribution >= 4 is 23.2 Å². The van der Waals surface area contributed by atoms with E-state index in [1.165, 1.54) is 16.7 Å². The Balaban J connectivity index is 1.18. The van der Waals surface area contributed by atoms with E-state index in [-0.39, 0.29) is 11.6 Å². The molecule has 0 bridgehead atoms. The third kappa shape index (κ3) is 5.50. The molecule has 1 amide bonds. The normalized spacial score (nSPS) is 26.9. The molecule has 0 spiro atoms. The van der Waals surface area contributed by atoms with E-state index in [1.54, 1.807) is 0 Å². The molecule has 206 valence electrons. The van der Waals surface area contributed by atoms with Gasteiger partial charge >= 0.3 is 6.09 Å². The van der Waals surface area contributed by atoms with E-state index in [1.807, 2.05) is 26.8 Å². The average Bonchev–Trinajstić information content (AvgIpc) is 3.38. The number of aliphatic hydroxyl groups excluding tert-OH is 1.